The van der Waals surface area contributed by atoms with Gasteiger partial charge >= 0.3 is 5.97 Å². The predicted molar refractivity (Wildman–Crippen MR) is 88.2 cm³/mol. The Morgan fingerprint density at radius 3 is 2.13 bits per heavy atom. The molecule has 23 heavy (non-hydrogen) atoms. The molecule has 0 aliphatic carbocycles. The fourth-order valence-corrected chi connectivity index (χ4v) is 3.23. The largest absolute Gasteiger partial charge is 0.648 e. The summed E-state index contributed by atoms with van der Waals surface area (Å²) in [4.78, 5) is 23.5. The molecular formula is C16H16O5PS-. The van der Waals surface area contributed by atoms with Crippen LogP contribution in [0, 0.1) is 0 Å². The fourth-order valence-electron chi connectivity index (χ4n) is 1.91. The molecule has 2 atom stereocenters. The van der Waals surface area contributed by atoms with Gasteiger partial charge < -0.3 is 22.2 Å². The summed E-state index contributed by atoms with van der Waals surface area (Å²) in [5, 5.41) is 9.24. The number of hydrogen-bond donors (Lipinski definition) is 1. The van der Waals surface area contributed by atoms with Crippen LogP contribution in [-0.4, -0.2) is 17.2 Å². The molecular weight excluding hydrogens is 335 g/mol. The lowest BCUT2D eigenvalue weighted by atomic mass is 10.1. The van der Waals surface area contributed by atoms with Crippen LogP contribution in [0.4, 0.5) is 0 Å². The van der Waals surface area contributed by atoms with Gasteiger partial charge in [0, 0.05) is 6.42 Å². The number of hydrogen-bond acceptors (Lipinski definition) is 5. The van der Waals surface area contributed by atoms with Crippen LogP contribution in [0.1, 0.15) is 11.1 Å². The van der Waals surface area contributed by atoms with Gasteiger partial charge in [0.15, 0.2) is 0 Å². The van der Waals surface area contributed by atoms with Gasteiger partial charge in [0.05, 0.1) is 0 Å². The van der Waals surface area contributed by atoms with Gasteiger partial charge in [-0.3, -0.25) is 0 Å². The van der Waals surface area contributed by atoms with Crippen LogP contribution in [0.15, 0.2) is 60.7 Å². The van der Waals surface area contributed by atoms with Crippen LogP contribution in [0.2, 0.25) is 0 Å². The molecule has 1 unspecified atom stereocenters. The Kier molecular flexibility index (Phi) is 6.57. The second-order valence-electron chi connectivity index (χ2n) is 4.83. The van der Waals surface area contributed by atoms with Gasteiger partial charge in [-0.2, -0.15) is 0 Å². The first kappa shape index (κ1) is 17.9. The third-order valence-electron chi connectivity index (χ3n) is 3.03. The molecule has 0 radical (unpaired) electrons. The highest BCUT2D eigenvalue weighted by molar-refractivity contribution is 8.34. The minimum absolute atomic E-state index is 0.000701. The van der Waals surface area contributed by atoms with Gasteiger partial charge in [0.1, 0.15) is 13.8 Å². The van der Waals surface area contributed by atoms with Gasteiger partial charge in [-0.1, -0.05) is 60.7 Å². The molecule has 7 heteroatoms. The lowest BCUT2D eigenvalue weighted by Gasteiger charge is -2.34. The van der Waals surface area contributed by atoms with Crippen LogP contribution in [0.25, 0.3) is 0 Å². The number of benzene rings is 2. The molecule has 0 amide bonds. The van der Waals surface area contributed by atoms with E-state index in [0.29, 0.717) is 0 Å². The van der Waals surface area contributed by atoms with Gasteiger partial charge in [-0.25, -0.2) is 13.8 Å². The van der Waals surface area contributed by atoms with Crippen molar-refractivity contribution in [2.24, 2.45) is 0 Å². The smallest absolute Gasteiger partial charge is 0.337 e. The lowest BCUT2D eigenvalue weighted by molar-refractivity contribution is -0.216. The van der Waals surface area contributed by atoms with Crippen molar-refractivity contribution < 1.29 is 23.8 Å². The van der Waals surface area contributed by atoms with Crippen LogP contribution >= 0.6 is 7.15 Å². The summed E-state index contributed by atoms with van der Waals surface area (Å²) in [5.41, 5.74) is 1.52. The Morgan fingerprint density at radius 2 is 1.61 bits per heavy atom. The number of aliphatic carboxylic acids is 1. The topological polar surface area (TPSA) is 78.8 Å². The van der Waals surface area contributed by atoms with Gasteiger partial charge in [0.2, 0.25) is 6.10 Å². The average Bonchev–Trinajstić information content (AvgIpc) is 2.54. The van der Waals surface area contributed by atoms with Crippen molar-refractivity contribution in [1.29, 1.82) is 0 Å². The van der Waals surface area contributed by atoms with E-state index in [4.69, 9.17) is 21.3 Å². The highest BCUT2D eigenvalue weighted by atomic mass is 32.7. The number of carbonyl (C=O) groups is 1. The zero-order valence-corrected chi connectivity index (χ0v) is 13.9. The molecule has 2 aromatic carbocycles. The first-order valence-electron chi connectivity index (χ1n) is 6.91. The standard InChI is InChI=1S/C16H17O5PS/c17-16(18)15(11-13-7-3-1-4-8-13)21-22(19,23)20-12-14-9-5-2-6-10-14/h1-10,15H,11-12H2,(H,17,18)(H,19,23)/p-1/t15-,22?/m0/s1. The fraction of sp³-hybridized carbons (Fsp3) is 0.188. The van der Waals surface area contributed by atoms with Crippen molar-refractivity contribution in [2.45, 2.75) is 19.1 Å². The lowest BCUT2D eigenvalue weighted by Crippen LogP contribution is -2.29. The van der Waals surface area contributed by atoms with E-state index in [9.17, 15) is 14.8 Å². The summed E-state index contributed by atoms with van der Waals surface area (Å²) in [6.45, 7) is -0.000701. The summed E-state index contributed by atoms with van der Waals surface area (Å²) in [5.74, 6) is -1.23. The van der Waals surface area contributed by atoms with E-state index in [-0.39, 0.29) is 13.0 Å². The molecule has 0 aliphatic heterocycles. The van der Waals surface area contributed by atoms with E-state index in [1.807, 2.05) is 24.3 Å². The van der Waals surface area contributed by atoms with Crippen molar-refractivity contribution >= 4 is 25.4 Å². The molecule has 2 aromatic rings. The van der Waals surface area contributed by atoms with Crippen molar-refractivity contribution in [3.05, 3.63) is 71.8 Å². The first-order chi connectivity index (χ1) is 11.0. The maximum atomic E-state index is 12.2. The highest BCUT2D eigenvalue weighted by Crippen LogP contribution is 2.52. The van der Waals surface area contributed by atoms with E-state index in [2.05, 4.69) is 0 Å². The predicted octanol–water partition coefficient (Wildman–Crippen LogP) is 2.50. The Hall–Kier alpha value is -1.43. The second-order valence-corrected chi connectivity index (χ2v) is 7.53. The maximum absolute atomic E-state index is 12.2. The van der Waals surface area contributed by atoms with Crippen LogP contribution < -0.4 is 4.89 Å². The van der Waals surface area contributed by atoms with E-state index in [1.54, 1.807) is 36.4 Å². The van der Waals surface area contributed by atoms with E-state index in [1.165, 1.54) is 0 Å². The van der Waals surface area contributed by atoms with E-state index in [0.717, 1.165) is 11.1 Å². The molecule has 0 saturated heterocycles. The summed E-state index contributed by atoms with van der Waals surface area (Å²) in [6, 6.07) is 17.9. The minimum atomic E-state index is -3.90. The Labute approximate surface area is 140 Å². The molecule has 122 valence electrons. The third-order valence-corrected chi connectivity index (χ3v) is 4.56. The Morgan fingerprint density at radius 1 is 1.09 bits per heavy atom. The zero-order chi connectivity index (χ0) is 16.7. The molecule has 0 fully saturated rings. The number of carboxylic acid groups (broad SMARTS) is 1. The Bertz CT molecular complexity index is 621. The number of carboxylic acids is 1. The molecule has 0 aromatic heterocycles. The molecule has 1 N–H and O–H groups in total. The third kappa shape index (κ3) is 6.29. The molecule has 2 rings (SSSR count). The van der Waals surface area contributed by atoms with Gasteiger partial charge in [-0.05, 0) is 11.1 Å². The van der Waals surface area contributed by atoms with Crippen LogP contribution in [-0.2, 0) is 39.1 Å². The number of rotatable bonds is 8. The van der Waals surface area contributed by atoms with E-state index >= 15 is 0 Å². The molecule has 0 spiro atoms. The SMILES string of the molecule is O=C(O)[C@H](Cc1ccccc1)O[P+]([O-])([S-])OCc1ccccc1. The second kappa shape index (κ2) is 8.43. The molecule has 0 aliphatic rings. The summed E-state index contributed by atoms with van der Waals surface area (Å²) < 4.78 is 10.2. The normalized spacial score (nSPS) is 14.9. The molecule has 5 nitrogen and oxygen atoms in total. The van der Waals surface area contributed by atoms with Crippen molar-refractivity contribution in [3.8, 4) is 0 Å². The summed E-state index contributed by atoms with van der Waals surface area (Å²) in [6.07, 6.45) is -1.26. The highest BCUT2D eigenvalue weighted by Gasteiger charge is 2.28. The van der Waals surface area contributed by atoms with E-state index < -0.39 is 19.2 Å². The first-order valence-corrected chi connectivity index (χ1v) is 9.46. The van der Waals surface area contributed by atoms with Gasteiger partial charge in [-0.15, -0.1) is 0 Å². The molecule has 0 saturated carbocycles. The van der Waals surface area contributed by atoms with Crippen molar-refractivity contribution in [1.82, 2.24) is 0 Å². The summed E-state index contributed by atoms with van der Waals surface area (Å²) in [7, 11) is -3.90. The quantitative estimate of drug-likeness (QED) is 0.582. The molecule has 0 heterocycles. The van der Waals surface area contributed by atoms with Crippen molar-refractivity contribution in [2.75, 3.05) is 0 Å². The zero-order valence-electron chi connectivity index (χ0n) is 12.2. The maximum Gasteiger partial charge on any atom is 0.337 e. The van der Waals surface area contributed by atoms with Gasteiger partial charge in [0.25, 0.3) is 0 Å². The average molecular weight is 351 g/mol. The van der Waals surface area contributed by atoms with Crippen LogP contribution in [0.3, 0.4) is 0 Å². The molecule has 0 bridgehead atoms. The Balaban J connectivity index is 1.96. The minimum Gasteiger partial charge on any atom is -0.648 e. The van der Waals surface area contributed by atoms with Crippen LogP contribution in [0.5, 0.6) is 0 Å². The van der Waals surface area contributed by atoms with Crippen molar-refractivity contribution in [3.63, 3.8) is 0 Å². The monoisotopic (exact) mass is 351 g/mol. The summed E-state index contributed by atoms with van der Waals surface area (Å²) >= 11 is 4.80.